The lowest BCUT2D eigenvalue weighted by Gasteiger charge is -2.51. The minimum Gasteiger partial charge on any atom is -0.0917 e. The van der Waals surface area contributed by atoms with Crippen molar-refractivity contribution < 1.29 is 0 Å². The molecule has 1 saturated carbocycles. The molecule has 136 valence electrons. The van der Waals surface area contributed by atoms with Crippen LogP contribution in [0.3, 0.4) is 0 Å². The Balaban J connectivity index is 2.65. The fraction of sp³-hybridized carbons (Fsp3) is 0.913. The molecule has 23 heavy (non-hydrogen) atoms. The predicted molar refractivity (Wildman–Crippen MR) is 106 cm³/mol. The van der Waals surface area contributed by atoms with Crippen molar-refractivity contribution in [3.63, 3.8) is 0 Å². The van der Waals surface area contributed by atoms with Crippen LogP contribution < -0.4 is 0 Å². The van der Waals surface area contributed by atoms with Crippen LogP contribution in [-0.4, -0.2) is 0 Å². The van der Waals surface area contributed by atoms with Crippen LogP contribution >= 0.6 is 0 Å². The maximum atomic E-state index is 2.59. The summed E-state index contributed by atoms with van der Waals surface area (Å²) in [7, 11) is 0. The van der Waals surface area contributed by atoms with Gasteiger partial charge >= 0.3 is 0 Å². The van der Waals surface area contributed by atoms with Gasteiger partial charge in [0.15, 0.2) is 0 Å². The first-order valence-electron chi connectivity index (χ1n) is 10.5. The molecule has 0 nitrogen and oxygen atoms in total. The fourth-order valence-corrected chi connectivity index (χ4v) is 5.73. The van der Waals surface area contributed by atoms with Gasteiger partial charge in [0.25, 0.3) is 0 Å². The zero-order valence-corrected chi connectivity index (χ0v) is 17.1. The van der Waals surface area contributed by atoms with Crippen LogP contribution in [0.2, 0.25) is 0 Å². The first kappa shape index (κ1) is 20.8. The molecule has 0 saturated heterocycles. The lowest BCUT2D eigenvalue weighted by molar-refractivity contribution is -0.0192. The molecule has 0 aliphatic heterocycles. The highest BCUT2D eigenvalue weighted by Crippen LogP contribution is 2.51. The monoisotopic (exact) mass is 320 g/mol. The average molecular weight is 321 g/mol. The van der Waals surface area contributed by atoms with Gasteiger partial charge in [-0.1, -0.05) is 79.4 Å². The van der Waals surface area contributed by atoms with Gasteiger partial charge < -0.3 is 0 Å². The molecule has 0 aromatic rings. The van der Waals surface area contributed by atoms with Gasteiger partial charge in [0, 0.05) is 0 Å². The van der Waals surface area contributed by atoms with E-state index in [1.54, 1.807) is 0 Å². The summed E-state index contributed by atoms with van der Waals surface area (Å²) in [4.78, 5) is 0. The van der Waals surface area contributed by atoms with Crippen LogP contribution in [0.5, 0.6) is 0 Å². The van der Waals surface area contributed by atoms with Crippen LogP contribution in [-0.2, 0) is 0 Å². The molecule has 1 aliphatic carbocycles. The highest BCUT2D eigenvalue weighted by atomic mass is 14.5. The van der Waals surface area contributed by atoms with Gasteiger partial charge in [-0.25, -0.2) is 0 Å². The molecular weight excluding hydrogens is 276 g/mol. The quantitative estimate of drug-likeness (QED) is 0.270. The van der Waals surface area contributed by atoms with Gasteiger partial charge in [-0.3, -0.25) is 0 Å². The zero-order chi connectivity index (χ0) is 17.4. The second-order valence-electron chi connectivity index (χ2n) is 8.85. The van der Waals surface area contributed by atoms with Crippen molar-refractivity contribution in [3.05, 3.63) is 12.2 Å². The van der Waals surface area contributed by atoms with E-state index < -0.39 is 0 Å². The summed E-state index contributed by atoms with van der Waals surface area (Å²) in [6.45, 7) is 17.0. The minimum atomic E-state index is 0.815. The average Bonchev–Trinajstić information content (AvgIpc) is 2.46. The van der Waals surface area contributed by atoms with E-state index in [0.29, 0.717) is 0 Å². The van der Waals surface area contributed by atoms with Gasteiger partial charge in [-0.05, 0) is 67.6 Å². The van der Waals surface area contributed by atoms with E-state index in [0.717, 1.165) is 41.4 Å². The molecule has 6 atom stereocenters. The van der Waals surface area contributed by atoms with Gasteiger partial charge in [0.1, 0.15) is 0 Å². The van der Waals surface area contributed by atoms with Crippen LogP contribution in [0.15, 0.2) is 12.2 Å². The maximum Gasteiger partial charge on any atom is -0.0331 e. The third-order valence-electron chi connectivity index (χ3n) is 6.72. The molecule has 0 amide bonds. The van der Waals surface area contributed by atoms with E-state index in [4.69, 9.17) is 0 Å². The number of hydrogen-bond donors (Lipinski definition) is 0. The molecule has 0 heterocycles. The highest BCUT2D eigenvalue weighted by Gasteiger charge is 2.44. The Morgan fingerprint density at radius 3 is 2.30 bits per heavy atom. The Morgan fingerprint density at radius 1 is 1.09 bits per heavy atom. The van der Waals surface area contributed by atoms with E-state index >= 15 is 0 Å². The number of hydrogen-bond acceptors (Lipinski definition) is 0. The summed E-state index contributed by atoms with van der Waals surface area (Å²) in [6, 6.07) is 0. The second kappa shape index (κ2) is 10.6. The fourth-order valence-electron chi connectivity index (χ4n) is 5.73. The van der Waals surface area contributed by atoms with Gasteiger partial charge in [-0.15, -0.1) is 0 Å². The van der Waals surface area contributed by atoms with Crippen molar-refractivity contribution in [2.45, 2.75) is 93.4 Å². The molecule has 0 N–H and O–H groups in total. The maximum absolute atomic E-state index is 2.59. The first-order chi connectivity index (χ1) is 10.9. The predicted octanol–water partition coefficient (Wildman–Crippen LogP) is 7.74. The Labute approximate surface area is 147 Å². The molecule has 0 radical (unpaired) electrons. The molecular formula is C23H44. The Hall–Kier alpha value is -0.260. The topological polar surface area (TPSA) is 0 Å². The molecule has 0 aromatic heterocycles. The third-order valence-corrected chi connectivity index (χ3v) is 6.72. The lowest BCUT2D eigenvalue weighted by Crippen LogP contribution is -2.44. The number of allylic oxidation sites excluding steroid dienone is 2. The van der Waals surface area contributed by atoms with Gasteiger partial charge in [0.05, 0.1) is 0 Å². The van der Waals surface area contributed by atoms with Crippen LogP contribution in [0.25, 0.3) is 0 Å². The summed E-state index contributed by atoms with van der Waals surface area (Å²) in [6.07, 6.45) is 14.4. The molecule has 1 aliphatic rings. The van der Waals surface area contributed by atoms with Crippen molar-refractivity contribution in [2.24, 2.45) is 41.4 Å². The Bertz CT molecular complexity index is 327. The van der Waals surface area contributed by atoms with E-state index in [-0.39, 0.29) is 0 Å². The van der Waals surface area contributed by atoms with Crippen molar-refractivity contribution in [2.75, 3.05) is 0 Å². The Morgan fingerprint density at radius 2 is 1.78 bits per heavy atom. The van der Waals surface area contributed by atoms with Crippen molar-refractivity contribution >= 4 is 0 Å². The third kappa shape index (κ3) is 5.95. The summed E-state index contributed by atoms with van der Waals surface area (Å²) in [5.74, 6) is 6.42. The van der Waals surface area contributed by atoms with Crippen LogP contribution in [0.1, 0.15) is 93.4 Å². The summed E-state index contributed by atoms with van der Waals surface area (Å²) in [5, 5.41) is 0. The molecule has 6 unspecified atom stereocenters. The van der Waals surface area contributed by atoms with Gasteiger partial charge in [-0.2, -0.15) is 0 Å². The molecule has 0 aromatic carbocycles. The first-order valence-corrected chi connectivity index (χ1v) is 10.5. The van der Waals surface area contributed by atoms with Gasteiger partial charge in [0.2, 0.25) is 0 Å². The standard InChI is InChI=1S/C23H44/c1-8-10-12-14-18(5)22(17(3)4)20(7)23-19(6)16-21(23)15-13-11-9-2/h8,10,17-23H,9,11-16H2,1-7H3. The SMILES string of the molecule is CC=CCCC(C)C(C(C)C)C(C)C1C(C)CC1CCCCC. The van der Waals surface area contributed by atoms with Crippen molar-refractivity contribution in [1.29, 1.82) is 0 Å². The largest absolute Gasteiger partial charge is 0.0917 e. The normalized spacial score (nSPS) is 28.8. The smallest absolute Gasteiger partial charge is 0.0331 e. The van der Waals surface area contributed by atoms with E-state index in [9.17, 15) is 0 Å². The van der Waals surface area contributed by atoms with E-state index in [1.165, 1.54) is 44.9 Å². The molecule has 1 fully saturated rings. The second-order valence-corrected chi connectivity index (χ2v) is 8.85. The minimum absolute atomic E-state index is 0.815. The Kier molecular flexibility index (Phi) is 9.55. The summed E-state index contributed by atoms with van der Waals surface area (Å²) in [5.41, 5.74) is 0. The number of unbranched alkanes of at least 4 members (excludes halogenated alkanes) is 2. The molecule has 1 rings (SSSR count). The van der Waals surface area contributed by atoms with Crippen LogP contribution in [0.4, 0.5) is 0 Å². The van der Waals surface area contributed by atoms with Crippen LogP contribution in [0, 0.1) is 41.4 Å². The molecule has 0 bridgehead atoms. The van der Waals surface area contributed by atoms with Crippen molar-refractivity contribution in [3.8, 4) is 0 Å². The molecule has 0 spiro atoms. The van der Waals surface area contributed by atoms with E-state index in [1.807, 2.05) is 0 Å². The molecule has 0 heteroatoms. The lowest BCUT2D eigenvalue weighted by atomic mass is 9.54. The van der Waals surface area contributed by atoms with E-state index in [2.05, 4.69) is 60.6 Å². The zero-order valence-electron chi connectivity index (χ0n) is 17.1. The summed E-state index contributed by atoms with van der Waals surface area (Å²) >= 11 is 0. The summed E-state index contributed by atoms with van der Waals surface area (Å²) < 4.78 is 0. The number of rotatable bonds is 11. The van der Waals surface area contributed by atoms with Crippen molar-refractivity contribution in [1.82, 2.24) is 0 Å². The highest BCUT2D eigenvalue weighted by molar-refractivity contribution is 4.93.